The summed E-state index contributed by atoms with van der Waals surface area (Å²) in [5.74, 6) is 0.260. The molecular weight excluding hydrogens is 338 g/mol. The number of hydrogen-bond donors (Lipinski definition) is 1. The van der Waals surface area contributed by atoms with Crippen LogP contribution >= 0.6 is 11.6 Å². The van der Waals surface area contributed by atoms with Crippen LogP contribution in [0.1, 0.15) is 17.0 Å². The first-order chi connectivity index (χ1) is 10.8. The summed E-state index contributed by atoms with van der Waals surface area (Å²) in [4.78, 5) is 0.0344. The Labute approximate surface area is 141 Å². The van der Waals surface area contributed by atoms with Crippen molar-refractivity contribution in [2.45, 2.75) is 25.2 Å². The highest BCUT2D eigenvalue weighted by Gasteiger charge is 2.20. The second-order valence-electron chi connectivity index (χ2n) is 5.22. The Hall–Kier alpha value is -1.57. The average Bonchev–Trinajstić information content (AvgIpc) is 2.73. The van der Waals surface area contributed by atoms with Crippen LogP contribution in [-0.4, -0.2) is 31.9 Å². The molecule has 8 heteroatoms. The van der Waals surface area contributed by atoms with Gasteiger partial charge in [-0.1, -0.05) is 11.6 Å². The number of halogens is 1. The first-order valence-electron chi connectivity index (χ1n) is 7.08. The zero-order valence-corrected chi connectivity index (χ0v) is 15.1. The van der Waals surface area contributed by atoms with E-state index in [-0.39, 0.29) is 17.2 Å². The zero-order valence-electron chi connectivity index (χ0n) is 13.6. The molecule has 0 saturated heterocycles. The molecule has 0 saturated carbocycles. The molecule has 0 amide bonds. The van der Waals surface area contributed by atoms with Crippen LogP contribution in [0.4, 0.5) is 0 Å². The number of sulfonamides is 1. The summed E-state index contributed by atoms with van der Waals surface area (Å²) in [6, 6.07) is 4.50. The molecule has 0 aliphatic carbocycles. The third-order valence-electron chi connectivity index (χ3n) is 3.74. The molecule has 1 N–H and O–H groups in total. The number of nitrogens with one attached hydrogen (secondary N) is 1. The summed E-state index contributed by atoms with van der Waals surface area (Å²) < 4.78 is 34.4. The Kier molecular flexibility index (Phi) is 5.33. The fourth-order valence-electron chi connectivity index (χ4n) is 2.43. The van der Waals surface area contributed by atoms with E-state index in [1.165, 1.54) is 19.2 Å². The van der Waals surface area contributed by atoms with Gasteiger partial charge in [-0.15, -0.1) is 0 Å². The SMILES string of the molecule is COc1ccc(Cl)cc1S(=O)(=O)NCCc1c(C)nn(C)c1C. The summed E-state index contributed by atoms with van der Waals surface area (Å²) in [5.41, 5.74) is 2.99. The van der Waals surface area contributed by atoms with E-state index in [1.807, 2.05) is 20.9 Å². The molecule has 0 bridgehead atoms. The molecule has 0 atom stereocenters. The second kappa shape index (κ2) is 6.90. The van der Waals surface area contributed by atoms with Crippen LogP contribution in [0.25, 0.3) is 0 Å². The van der Waals surface area contributed by atoms with Gasteiger partial charge in [0.1, 0.15) is 10.6 Å². The maximum Gasteiger partial charge on any atom is 0.244 e. The highest BCUT2D eigenvalue weighted by molar-refractivity contribution is 7.89. The number of nitrogens with zero attached hydrogens (tertiary/aromatic N) is 2. The monoisotopic (exact) mass is 357 g/mol. The van der Waals surface area contributed by atoms with Gasteiger partial charge in [-0.05, 0) is 44.0 Å². The molecule has 1 aromatic heterocycles. The normalized spacial score (nSPS) is 11.7. The fourth-order valence-corrected chi connectivity index (χ4v) is 3.89. The van der Waals surface area contributed by atoms with Crippen molar-refractivity contribution in [3.63, 3.8) is 0 Å². The highest BCUT2D eigenvalue weighted by atomic mass is 35.5. The number of methoxy groups -OCH3 is 1. The summed E-state index contributed by atoms with van der Waals surface area (Å²) in [7, 11) is -0.412. The number of rotatable bonds is 6. The zero-order chi connectivity index (χ0) is 17.2. The lowest BCUT2D eigenvalue weighted by atomic mass is 10.1. The Morgan fingerprint density at radius 2 is 2.04 bits per heavy atom. The van der Waals surface area contributed by atoms with Gasteiger partial charge < -0.3 is 4.74 Å². The molecule has 126 valence electrons. The third kappa shape index (κ3) is 3.85. The first-order valence-corrected chi connectivity index (χ1v) is 8.94. The van der Waals surface area contributed by atoms with Crippen molar-refractivity contribution in [3.8, 4) is 5.75 Å². The van der Waals surface area contributed by atoms with E-state index in [2.05, 4.69) is 9.82 Å². The minimum Gasteiger partial charge on any atom is -0.495 e. The van der Waals surface area contributed by atoms with E-state index in [0.29, 0.717) is 11.4 Å². The predicted molar refractivity (Wildman–Crippen MR) is 89.6 cm³/mol. The fraction of sp³-hybridized carbons (Fsp3) is 0.400. The van der Waals surface area contributed by atoms with Crippen molar-refractivity contribution in [3.05, 3.63) is 40.2 Å². The Morgan fingerprint density at radius 1 is 1.35 bits per heavy atom. The van der Waals surface area contributed by atoms with Gasteiger partial charge in [-0.25, -0.2) is 13.1 Å². The lowest BCUT2D eigenvalue weighted by molar-refractivity contribution is 0.402. The van der Waals surface area contributed by atoms with E-state index in [1.54, 1.807) is 10.7 Å². The largest absolute Gasteiger partial charge is 0.495 e. The van der Waals surface area contributed by atoms with Crippen LogP contribution in [0.15, 0.2) is 23.1 Å². The minimum atomic E-state index is -3.70. The van der Waals surface area contributed by atoms with E-state index in [9.17, 15) is 8.42 Å². The number of ether oxygens (including phenoxy) is 1. The lowest BCUT2D eigenvalue weighted by Gasteiger charge is -2.11. The molecule has 1 aromatic carbocycles. The molecule has 1 heterocycles. The molecule has 2 aromatic rings. The molecule has 23 heavy (non-hydrogen) atoms. The number of benzene rings is 1. The minimum absolute atomic E-state index is 0.0344. The molecule has 2 rings (SSSR count). The van der Waals surface area contributed by atoms with E-state index >= 15 is 0 Å². The number of hydrogen-bond acceptors (Lipinski definition) is 4. The molecule has 0 spiro atoms. The van der Waals surface area contributed by atoms with Crippen molar-refractivity contribution < 1.29 is 13.2 Å². The quantitative estimate of drug-likeness (QED) is 0.860. The van der Waals surface area contributed by atoms with Crippen molar-refractivity contribution in [2.24, 2.45) is 7.05 Å². The first kappa shape index (κ1) is 17.8. The van der Waals surface area contributed by atoms with Crippen LogP contribution in [0.3, 0.4) is 0 Å². The van der Waals surface area contributed by atoms with Crippen LogP contribution in [0, 0.1) is 13.8 Å². The van der Waals surface area contributed by atoms with Crippen LogP contribution in [0.5, 0.6) is 5.75 Å². The maximum atomic E-state index is 12.5. The molecule has 0 unspecified atom stereocenters. The van der Waals surface area contributed by atoms with Gasteiger partial charge >= 0.3 is 0 Å². The van der Waals surface area contributed by atoms with Crippen molar-refractivity contribution in [2.75, 3.05) is 13.7 Å². The van der Waals surface area contributed by atoms with Gasteiger partial charge in [0, 0.05) is 24.3 Å². The standard InChI is InChI=1S/C15H20ClN3O3S/c1-10-13(11(2)19(3)18-10)7-8-17-23(20,21)15-9-12(16)5-6-14(15)22-4/h5-6,9,17H,7-8H2,1-4H3. The third-order valence-corrected chi connectivity index (χ3v) is 5.46. The van der Waals surface area contributed by atoms with Gasteiger partial charge in [-0.2, -0.15) is 5.10 Å². The van der Waals surface area contributed by atoms with Crippen molar-refractivity contribution in [1.29, 1.82) is 0 Å². The second-order valence-corrected chi connectivity index (χ2v) is 7.39. The Balaban J connectivity index is 2.15. The smallest absolute Gasteiger partial charge is 0.244 e. The Bertz CT molecular complexity index is 816. The van der Waals surface area contributed by atoms with E-state index < -0.39 is 10.0 Å². The topological polar surface area (TPSA) is 73.2 Å². The van der Waals surface area contributed by atoms with Crippen molar-refractivity contribution in [1.82, 2.24) is 14.5 Å². The predicted octanol–water partition coefficient (Wildman–Crippen LogP) is 2.22. The lowest BCUT2D eigenvalue weighted by Crippen LogP contribution is -2.26. The summed E-state index contributed by atoms with van der Waals surface area (Å²) in [6.07, 6.45) is 0.563. The van der Waals surface area contributed by atoms with Gasteiger partial charge in [0.15, 0.2) is 0 Å². The molecule has 0 fully saturated rings. The molecule has 0 radical (unpaired) electrons. The number of aromatic nitrogens is 2. The van der Waals surface area contributed by atoms with Gasteiger partial charge in [-0.3, -0.25) is 4.68 Å². The molecule has 0 aliphatic rings. The van der Waals surface area contributed by atoms with Gasteiger partial charge in [0.2, 0.25) is 10.0 Å². The van der Waals surface area contributed by atoms with Crippen LogP contribution < -0.4 is 9.46 Å². The number of aryl methyl sites for hydroxylation is 2. The molecular formula is C15H20ClN3O3S. The summed E-state index contributed by atoms with van der Waals surface area (Å²) >= 11 is 5.90. The molecule has 0 aliphatic heterocycles. The summed E-state index contributed by atoms with van der Waals surface area (Å²) in [5, 5.41) is 4.66. The average molecular weight is 358 g/mol. The Morgan fingerprint density at radius 3 is 2.61 bits per heavy atom. The van der Waals surface area contributed by atoms with Gasteiger partial charge in [0.25, 0.3) is 0 Å². The van der Waals surface area contributed by atoms with Gasteiger partial charge in [0.05, 0.1) is 12.8 Å². The van der Waals surface area contributed by atoms with Crippen molar-refractivity contribution >= 4 is 21.6 Å². The van der Waals surface area contributed by atoms with Crippen LogP contribution in [0.2, 0.25) is 5.02 Å². The maximum absolute atomic E-state index is 12.5. The molecule has 6 nitrogen and oxygen atoms in total. The van der Waals surface area contributed by atoms with Crippen LogP contribution in [-0.2, 0) is 23.5 Å². The highest BCUT2D eigenvalue weighted by Crippen LogP contribution is 2.26. The van der Waals surface area contributed by atoms with E-state index in [4.69, 9.17) is 16.3 Å². The van der Waals surface area contributed by atoms with E-state index in [0.717, 1.165) is 17.0 Å². The summed E-state index contributed by atoms with van der Waals surface area (Å²) in [6.45, 7) is 4.14.